The first-order valence-electron chi connectivity index (χ1n) is 3.55. The maximum absolute atomic E-state index is 5.44. The Hall–Kier alpha value is -0.310. The molecule has 0 bridgehead atoms. The minimum absolute atomic E-state index is 0.0143. The molecule has 0 amide bonds. The normalized spacial score (nSPS) is 12.0. The number of rotatable bonds is 1. The number of aromatic nitrogens is 1. The predicted molar refractivity (Wildman–Crippen MR) is 47.8 cm³/mol. The second kappa shape index (κ2) is 2.97. The summed E-state index contributed by atoms with van der Waals surface area (Å²) in [5.41, 5.74) is 0.0143. The molecule has 0 N–H and O–H groups in total. The maximum Gasteiger partial charge on any atom is 0.199 e. The van der Waals surface area contributed by atoms with Crippen molar-refractivity contribution in [2.24, 2.45) is 0 Å². The number of oxazole rings is 1. The molecule has 0 saturated heterocycles. The van der Waals surface area contributed by atoms with Crippen LogP contribution in [0.25, 0.3) is 0 Å². The van der Waals surface area contributed by atoms with Crippen molar-refractivity contribution in [3.05, 3.63) is 17.8 Å². The molecular weight excluding hydrogens is 206 g/mol. The van der Waals surface area contributed by atoms with Crippen molar-refractivity contribution in [2.75, 3.05) is 0 Å². The van der Waals surface area contributed by atoms with Gasteiger partial charge in [0, 0.05) is 5.41 Å². The molecule has 11 heavy (non-hydrogen) atoms. The lowest BCUT2D eigenvalue weighted by Gasteiger charge is -2.11. The standard InChI is InChI=1S/C8H12BrNO/c1-8(2,3)7-10-5-6(4-9)11-7/h5H,4H2,1-3H3. The third-order valence-electron chi connectivity index (χ3n) is 1.33. The first-order valence-corrected chi connectivity index (χ1v) is 4.67. The largest absolute Gasteiger partial charge is 0.444 e. The monoisotopic (exact) mass is 217 g/mol. The molecule has 0 radical (unpaired) electrons. The molecule has 0 aliphatic rings. The van der Waals surface area contributed by atoms with E-state index in [1.807, 2.05) is 0 Å². The molecule has 0 spiro atoms. The van der Waals surface area contributed by atoms with Crippen LogP contribution in [0.3, 0.4) is 0 Å². The zero-order chi connectivity index (χ0) is 8.48. The lowest BCUT2D eigenvalue weighted by atomic mass is 9.97. The summed E-state index contributed by atoms with van der Waals surface area (Å²) in [5.74, 6) is 1.68. The maximum atomic E-state index is 5.44. The highest BCUT2D eigenvalue weighted by molar-refractivity contribution is 9.08. The van der Waals surface area contributed by atoms with E-state index in [2.05, 4.69) is 41.7 Å². The fraction of sp³-hybridized carbons (Fsp3) is 0.625. The third-order valence-corrected chi connectivity index (χ3v) is 1.88. The molecule has 0 aliphatic heterocycles. The van der Waals surface area contributed by atoms with Gasteiger partial charge < -0.3 is 4.42 Å². The fourth-order valence-electron chi connectivity index (χ4n) is 0.716. The van der Waals surface area contributed by atoms with Crippen molar-refractivity contribution >= 4 is 15.9 Å². The summed E-state index contributed by atoms with van der Waals surface area (Å²) in [5, 5.41) is 0.732. The van der Waals surface area contributed by atoms with Gasteiger partial charge in [-0.15, -0.1) is 0 Å². The van der Waals surface area contributed by atoms with Gasteiger partial charge in [0.25, 0.3) is 0 Å². The van der Waals surface area contributed by atoms with Crippen LogP contribution in [0.1, 0.15) is 32.4 Å². The molecule has 0 saturated carbocycles. The van der Waals surface area contributed by atoms with E-state index >= 15 is 0 Å². The summed E-state index contributed by atoms with van der Waals surface area (Å²) in [6.45, 7) is 6.24. The Balaban J connectivity index is 2.89. The highest BCUT2D eigenvalue weighted by Crippen LogP contribution is 2.22. The van der Waals surface area contributed by atoms with Crippen molar-refractivity contribution in [1.82, 2.24) is 4.98 Å². The first-order chi connectivity index (χ1) is 5.04. The van der Waals surface area contributed by atoms with Crippen LogP contribution in [0.15, 0.2) is 10.6 Å². The van der Waals surface area contributed by atoms with Gasteiger partial charge in [-0.05, 0) is 0 Å². The fourth-order valence-corrected chi connectivity index (χ4v) is 0.975. The smallest absolute Gasteiger partial charge is 0.199 e. The summed E-state index contributed by atoms with van der Waals surface area (Å²) >= 11 is 3.30. The predicted octanol–water partition coefficient (Wildman–Crippen LogP) is 2.87. The molecule has 0 atom stereocenters. The van der Waals surface area contributed by atoms with Crippen molar-refractivity contribution in [2.45, 2.75) is 31.5 Å². The Morgan fingerprint density at radius 3 is 2.45 bits per heavy atom. The lowest BCUT2D eigenvalue weighted by Crippen LogP contribution is -2.10. The molecule has 2 nitrogen and oxygen atoms in total. The van der Waals surface area contributed by atoms with E-state index in [1.165, 1.54) is 0 Å². The van der Waals surface area contributed by atoms with E-state index in [0.29, 0.717) is 0 Å². The van der Waals surface area contributed by atoms with Gasteiger partial charge in [-0.2, -0.15) is 0 Å². The summed E-state index contributed by atoms with van der Waals surface area (Å²) in [6, 6.07) is 0. The van der Waals surface area contributed by atoms with Crippen LogP contribution < -0.4 is 0 Å². The van der Waals surface area contributed by atoms with E-state index < -0.39 is 0 Å². The second-order valence-corrected chi connectivity index (χ2v) is 4.08. The van der Waals surface area contributed by atoms with E-state index in [1.54, 1.807) is 6.20 Å². The van der Waals surface area contributed by atoms with Crippen molar-refractivity contribution < 1.29 is 4.42 Å². The number of alkyl halides is 1. The lowest BCUT2D eigenvalue weighted by molar-refractivity contribution is 0.379. The Labute approximate surface area is 75.1 Å². The number of hydrogen-bond acceptors (Lipinski definition) is 2. The number of halogens is 1. The molecule has 1 aromatic heterocycles. The quantitative estimate of drug-likeness (QED) is 0.677. The molecule has 0 fully saturated rings. The Kier molecular flexibility index (Phi) is 2.37. The summed E-state index contributed by atoms with van der Waals surface area (Å²) in [6.07, 6.45) is 1.76. The number of nitrogens with zero attached hydrogens (tertiary/aromatic N) is 1. The average Bonchev–Trinajstić information content (AvgIpc) is 2.32. The van der Waals surface area contributed by atoms with E-state index in [9.17, 15) is 0 Å². The van der Waals surface area contributed by atoms with Gasteiger partial charge in [-0.1, -0.05) is 36.7 Å². The summed E-state index contributed by atoms with van der Waals surface area (Å²) in [7, 11) is 0. The van der Waals surface area contributed by atoms with Crippen molar-refractivity contribution in [1.29, 1.82) is 0 Å². The molecular formula is C8H12BrNO. The zero-order valence-electron chi connectivity index (χ0n) is 7.02. The molecule has 0 aliphatic carbocycles. The molecule has 1 aromatic rings. The van der Waals surface area contributed by atoms with Crippen LogP contribution in [-0.4, -0.2) is 4.98 Å². The highest BCUT2D eigenvalue weighted by atomic mass is 79.9. The molecule has 0 unspecified atom stereocenters. The van der Waals surface area contributed by atoms with Gasteiger partial charge >= 0.3 is 0 Å². The third kappa shape index (κ3) is 2.06. The van der Waals surface area contributed by atoms with E-state index in [-0.39, 0.29) is 5.41 Å². The molecule has 0 aromatic carbocycles. The van der Waals surface area contributed by atoms with Gasteiger partial charge in [0.05, 0.1) is 11.5 Å². The second-order valence-electron chi connectivity index (χ2n) is 3.52. The van der Waals surface area contributed by atoms with Crippen LogP contribution in [0, 0.1) is 0 Å². The first kappa shape index (κ1) is 8.78. The van der Waals surface area contributed by atoms with Gasteiger partial charge in [0.2, 0.25) is 0 Å². The topological polar surface area (TPSA) is 26.0 Å². The van der Waals surface area contributed by atoms with Gasteiger partial charge in [0.15, 0.2) is 5.89 Å². The summed E-state index contributed by atoms with van der Waals surface area (Å²) in [4.78, 5) is 4.16. The minimum atomic E-state index is 0.0143. The van der Waals surface area contributed by atoms with Crippen molar-refractivity contribution in [3.8, 4) is 0 Å². The Morgan fingerprint density at radius 2 is 2.18 bits per heavy atom. The molecule has 3 heteroatoms. The molecule has 1 rings (SSSR count). The van der Waals surface area contributed by atoms with Crippen LogP contribution in [-0.2, 0) is 10.7 Å². The van der Waals surface area contributed by atoms with Crippen LogP contribution in [0.2, 0.25) is 0 Å². The minimum Gasteiger partial charge on any atom is -0.444 e. The summed E-state index contributed by atoms with van der Waals surface area (Å²) < 4.78 is 5.44. The van der Waals surface area contributed by atoms with Crippen LogP contribution in [0.5, 0.6) is 0 Å². The van der Waals surface area contributed by atoms with Crippen molar-refractivity contribution in [3.63, 3.8) is 0 Å². The van der Waals surface area contributed by atoms with Crippen LogP contribution in [0.4, 0.5) is 0 Å². The highest BCUT2D eigenvalue weighted by Gasteiger charge is 2.19. The van der Waals surface area contributed by atoms with Gasteiger partial charge in [-0.25, -0.2) is 4.98 Å². The van der Waals surface area contributed by atoms with E-state index in [0.717, 1.165) is 17.0 Å². The van der Waals surface area contributed by atoms with Gasteiger partial charge in [-0.3, -0.25) is 0 Å². The number of hydrogen-bond donors (Lipinski definition) is 0. The Bertz CT molecular complexity index is 236. The zero-order valence-corrected chi connectivity index (χ0v) is 8.60. The van der Waals surface area contributed by atoms with Gasteiger partial charge in [0.1, 0.15) is 5.76 Å². The van der Waals surface area contributed by atoms with Crippen LogP contribution >= 0.6 is 15.9 Å². The molecule has 1 heterocycles. The average molecular weight is 218 g/mol. The Morgan fingerprint density at radius 1 is 1.55 bits per heavy atom. The molecule has 62 valence electrons. The SMILES string of the molecule is CC(C)(C)c1ncc(CBr)o1. The van der Waals surface area contributed by atoms with E-state index in [4.69, 9.17) is 4.42 Å².